The Morgan fingerprint density at radius 1 is 1.58 bits per heavy atom. The molecule has 5 nitrogen and oxygen atoms in total. The van der Waals surface area contributed by atoms with Crippen molar-refractivity contribution in [3.8, 4) is 0 Å². The summed E-state index contributed by atoms with van der Waals surface area (Å²) in [5.41, 5.74) is 7.32. The molecule has 1 heterocycles. The van der Waals surface area contributed by atoms with Gasteiger partial charge in [-0.1, -0.05) is 19.1 Å². The van der Waals surface area contributed by atoms with Crippen LogP contribution in [-0.4, -0.2) is 28.5 Å². The summed E-state index contributed by atoms with van der Waals surface area (Å²) in [6.45, 7) is 6.35. The molecule has 0 radical (unpaired) electrons. The first-order valence-corrected chi connectivity index (χ1v) is 6.67. The molecule has 0 aromatic carbocycles. The van der Waals surface area contributed by atoms with Crippen molar-refractivity contribution in [2.45, 2.75) is 33.2 Å². The van der Waals surface area contributed by atoms with Crippen LogP contribution in [0.4, 0.5) is 5.82 Å². The van der Waals surface area contributed by atoms with Gasteiger partial charge < -0.3 is 16.4 Å². The molecule has 0 bridgehead atoms. The van der Waals surface area contributed by atoms with E-state index in [1.807, 2.05) is 19.9 Å². The van der Waals surface area contributed by atoms with Gasteiger partial charge in [-0.25, -0.2) is 4.98 Å². The van der Waals surface area contributed by atoms with Crippen molar-refractivity contribution in [3.05, 3.63) is 23.4 Å². The van der Waals surface area contributed by atoms with Crippen LogP contribution < -0.4 is 16.4 Å². The van der Waals surface area contributed by atoms with Crippen LogP contribution in [-0.2, 0) is 4.79 Å². The van der Waals surface area contributed by atoms with Crippen LogP contribution in [0, 0.1) is 6.92 Å². The SMILES string of the molecule is CCCNC(=O)C(C)Nc1nccc(C)c1C(N)=S. The highest BCUT2D eigenvalue weighted by molar-refractivity contribution is 7.80. The topological polar surface area (TPSA) is 80.0 Å². The smallest absolute Gasteiger partial charge is 0.242 e. The van der Waals surface area contributed by atoms with Crippen molar-refractivity contribution in [2.75, 3.05) is 11.9 Å². The average Bonchev–Trinajstić information content (AvgIpc) is 2.35. The van der Waals surface area contributed by atoms with Gasteiger partial charge in [-0.15, -0.1) is 0 Å². The number of aryl methyl sites for hydroxylation is 1. The van der Waals surface area contributed by atoms with Crippen molar-refractivity contribution in [3.63, 3.8) is 0 Å². The lowest BCUT2D eigenvalue weighted by Crippen LogP contribution is -2.38. The molecule has 1 amide bonds. The van der Waals surface area contributed by atoms with Gasteiger partial charge >= 0.3 is 0 Å². The lowest BCUT2D eigenvalue weighted by Gasteiger charge is -2.17. The number of nitrogens with zero attached hydrogens (tertiary/aromatic N) is 1. The monoisotopic (exact) mass is 280 g/mol. The highest BCUT2D eigenvalue weighted by Gasteiger charge is 2.16. The third-order valence-corrected chi connectivity index (χ3v) is 2.91. The standard InChI is InChI=1S/C13H20N4OS/c1-4-6-16-13(18)9(3)17-12-10(11(14)19)8(2)5-7-15-12/h5,7,9H,4,6H2,1-3H3,(H2,14,19)(H,15,17)(H,16,18). The van der Waals surface area contributed by atoms with E-state index in [9.17, 15) is 4.79 Å². The second-order valence-electron chi connectivity index (χ2n) is 4.37. The second kappa shape index (κ2) is 7.04. The fraction of sp³-hybridized carbons (Fsp3) is 0.462. The molecule has 0 spiro atoms. The summed E-state index contributed by atoms with van der Waals surface area (Å²) in [5.74, 6) is 0.477. The van der Waals surface area contributed by atoms with E-state index in [0.717, 1.165) is 12.0 Å². The molecule has 0 aliphatic carbocycles. The molecule has 0 fully saturated rings. The van der Waals surface area contributed by atoms with E-state index >= 15 is 0 Å². The molecule has 104 valence electrons. The minimum Gasteiger partial charge on any atom is -0.389 e. The summed E-state index contributed by atoms with van der Waals surface area (Å²) < 4.78 is 0. The minimum absolute atomic E-state index is 0.0703. The summed E-state index contributed by atoms with van der Waals surface area (Å²) in [6.07, 6.45) is 2.56. The van der Waals surface area contributed by atoms with Crippen LogP contribution in [0.2, 0.25) is 0 Å². The molecular weight excluding hydrogens is 260 g/mol. The predicted octanol–water partition coefficient (Wildman–Crippen LogP) is 1.35. The average molecular weight is 280 g/mol. The van der Waals surface area contributed by atoms with Gasteiger partial charge in [0.05, 0.1) is 5.56 Å². The summed E-state index contributed by atoms with van der Waals surface area (Å²) in [5, 5.41) is 5.87. The van der Waals surface area contributed by atoms with E-state index in [4.69, 9.17) is 18.0 Å². The minimum atomic E-state index is -0.394. The van der Waals surface area contributed by atoms with Gasteiger partial charge in [-0.05, 0) is 31.9 Å². The fourth-order valence-corrected chi connectivity index (χ4v) is 1.91. The molecule has 1 atom stereocenters. The molecule has 1 rings (SSSR count). The maximum Gasteiger partial charge on any atom is 0.242 e. The number of carbonyl (C=O) groups excluding carboxylic acids is 1. The lowest BCUT2D eigenvalue weighted by molar-refractivity contribution is -0.121. The summed E-state index contributed by atoms with van der Waals surface area (Å²) in [7, 11) is 0. The van der Waals surface area contributed by atoms with Gasteiger partial charge in [0.2, 0.25) is 5.91 Å². The maximum absolute atomic E-state index is 11.8. The van der Waals surface area contributed by atoms with Gasteiger partial charge in [-0.2, -0.15) is 0 Å². The number of rotatable bonds is 6. The normalized spacial score (nSPS) is 11.7. The third kappa shape index (κ3) is 4.17. The number of nitrogens with one attached hydrogen (secondary N) is 2. The molecule has 1 aromatic rings. The van der Waals surface area contributed by atoms with Crippen molar-refractivity contribution < 1.29 is 4.79 Å². The molecule has 6 heteroatoms. The van der Waals surface area contributed by atoms with Crippen LogP contribution in [0.15, 0.2) is 12.3 Å². The Hall–Kier alpha value is -1.69. The molecule has 19 heavy (non-hydrogen) atoms. The zero-order valence-corrected chi connectivity index (χ0v) is 12.3. The lowest BCUT2D eigenvalue weighted by atomic mass is 10.1. The van der Waals surface area contributed by atoms with E-state index in [2.05, 4.69) is 15.6 Å². The number of amides is 1. The van der Waals surface area contributed by atoms with Crippen LogP contribution in [0.3, 0.4) is 0 Å². The number of aromatic nitrogens is 1. The Labute approximate surface area is 119 Å². The summed E-state index contributed by atoms with van der Waals surface area (Å²) in [4.78, 5) is 16.3. The summed E-state index contributed by atoms with van der Waals surface area (Å²) >= 11 is 5.02. The van der Waals surface area contributed by atoms with Gasteiger partial charge in [-0.3, -0.25) is 4.79 Å². The first-order valence-electron chi connectivity index (χ1n) is 6.27. The molecule has 0 aliphatic rings. The van der Waals surface area contributed by atoms with Gasteiger partial charge in [0.1, 0.15) is 16.8 Å². The van der Waals surface area contributed by atoms with E-state index in [0.29, 0.717) is 17.9 Å². The van der Waals surface area contributed by atoms with E-state index in [-0.39, 0.29) is 10.9 Å². The van der Waals surface area contributed by atoms with E-state index < -0.39 is 6.04 Å². The molecule has 1 aromatic heterocycles. The molecule has 0 saturated heterocycles. The van der Waals surface area contributed by atoms with Crippen molar-refractivity contribution in [1.29, 1.82) is 0 Å². The Balaban J connectivity index is 2.85. The largest absolute Gasteiger partial charge is 0.389 e. The quantitative estimate of drug-likeness (QED) is 0.685. The first-order chi connectivity index (χ1) is 8.97. The number of carbonyl (C=O) groups is 1. The van der Waals surface area contributed by atoms with Crippen LogP contribution in [0.5, 0.6) is 0 Å². The summed E-state index contributed by atoms with van der Waals surface area (Å²) in [6, 6.07) is 1.44. The van der Waals surface area contributed by atoms with Crippen molar-refractivity contribution >= 4 is 28.9 Å². The zero-order chi connectivity index (χ0) is 14.4. The number of thiocarbonyl (C=S) groups is 1. The molecule has 0 aliphatic heterocycles. The zero-order valence-electron chi connectivity index (χ0n) is 11.5. The highest BCUT2D eigenvalue weighted by atomic mass is 32.1. The first kappa shape index (κ1) is 15.4. The van der Waals surface area contributed by atoms with Gasteiger partial charge in [0.25, 0.3) is 0 Å². The van der Waals surface area contributed by atoms with Crippen LogP contribution >= 0.6 is 12.2 Å². The molecule has 0 saturated carbocycles. The second-order valence-corrected chi connectivity index (χ2v) is 4.81. The fourth-order valence-electron chi connectivity index (χ4n) is 1.65. The molecular formula is C13H20N4OS. The highest BCUT2D eigenvalue weighted by Crippen LogP contribution is 2.17. The Morgan fingerprint density at radius 2 is 2.26 bits per heavy atom. The number of nitrogens with two attached hydrogens (primary N) is 1. The Bertz CT molecular complexity index is 476. The Morgan fingerprint density at radius 3 is 2.84 bits per heavy atom. The van der Waals surface area contributed by atoms with Crippen molar-refractivity contribution in [1.82, 2.24) is 10.3 Å². The third-order valence-electron chi connectivity index (χ3n) is 2.70. The number of hydrogen-bond donors (Lipinski definition) is 3. The maximum atomic E-state index is 11.8. The van der Waals surface area contributed by atoms with Crippen molar-refractivity contribution in [2.24, 2.45) is 5.73 Å². The number of hydrogen-bond acceptors (Lipinski definition) is 4. The van der Waals surface area contributed by atoms with Gasteiger partial charge in [0, 0.05) is 12.7 Å². The number of pyridine rings is 1. The molecule has 1 unspecified atom stereocenters. The van der Waals surface area contributed by atoms with Crippen LogP contribution in [0.1, 0.15) is 31.4 Å². The predicted molar refractivity (Wildman–Crippen MR) is 81.2 cm³/mol. The van der Waals surface area contributed by atoms with E-state index in [1.54, 1.807) is 13.1 Å². The Kier molecular flexibility index (Phi) is 5.69. The van der Waals surface area contributed by atoms with E-state index in [1.165, 1.54) is 0 Å². The van der Waals surface area contributed by atoms with Gasteiger partial charge in [0.15, 0.2) is 0 Å². The molecule has 4 N–H and O–H groups in total. The van der Waals surface area contributed by atoms with Crippen LogP contribution in [0.25, 0.3) is 0 Å². The number of anilines is 1.